The Morgan fingerprint density at radius 3 is 1.36 bits per heavy atom. The van der Waals surface area contributed by atoms with Crippen molar-refractivity contribution in [3.05, 3.63) is 209 Å². The first kappa shape index (κ1) is 63.5. The topological polar surface area (TPSA) is 441 Å². The van der Waals surface area contributed by atoms with E-state index in [2.05, 4.69) is 95.5 Å². The van der Waals surface area contributed by atoms with Gasteiger partial charge >= 0.3 is 0 Å². The number of nitrogen functional groups attached to an aromatic ring is 4. The van der Waals surface area contributed by atoms with E-state index < -0.39 is 34.9 Å². The number of aromatic nitrogens is 22. The number of H-pyrrole nitrogens is 2. The van der Waals surface area contributed by atoms with E-state index in [9.17, 15) is 26.3 Å². The number of pyridine rings is 8. The molecule has 0 aliphatic heterocycles. The van der Waals surface area contributed by atoms with Gasteiger partial charge in [-0.3, -0.25) is 25.1 Å². The molecule has 0 saturated carbocycles. The lowest BCUT2D eigenvalue weighted by Gasteiger charge is -2.03. The van der Waals surface area contributed by atoms with Gasteiger partial charge in [-0.1, -0.05) is 0 Å². The molecule has 15 heterocycles. The maximum Gasteiger partial charge on any atom is 0.187 e. The van der Waals surface area contributed by atoms with Gasteiger partial charge in [0.05, 0.1) is 93.5 Å². The van der Waals surface area contributed by atoms with Crippen LogP contribution in [0.5, 0.6) is 0 Å². The number of nitrogens with zero attached hydrogens (tertiary/aromatic N) is 23. The normalized spacial score (nSPS) is 10.8. The monoisotopic (exact) mass is 1300 g/mol. The summed E-state index contributed by atoms with van der Waals surface area (Å²) in [4.78, 5) is 49.4. The van der Waals surface area contributed by atoms with Crippen LogP contribution in [-0.2, 0) is 19.6 Å². The number of nitrogens with one attached hydrogen (secondary N) is 2. The van der Waals surface area contributed by atoms with Crippen molar-refractivity contribution in [3.8, 4) is 41.2 Å². The molecule has 0 atom stereocenters. The van der Waals surface area contributed by atoms with Crippen LogP contribution in [0, 0.1) is 82.7 Å². The fraction of sp³-hybridized carbons (Fsp3) is 0.0820. The van der Waals surface area contributed by atoms with Gasteiger partial charge in [0.15, 0.2) is 51.4 Å². The summed E-state index contributed by atoms with van der Waals surface area (Å²) in [5.41, 5.74) is 27.9. The molecular formula is C61H43F6N29. The molecular weight excluding hydrogens is 1250 g/mol. The summed E-state index contributed by atoms with van der Waals surface area (Å²) >= 11 is 0. The smallest absolute Gasteiger partial charge is 0.187 e. The maximum absolute atomic E-state index is 14.1. The highest BCUT2D eigenvalue weighted by Crippen LogP contribution is 2.31. The highest BCUT2D eigenvalue weighted by Gasteiger charge is 2.23. The number of anilines is 4. The molecule has 0 amide bonds. The van der Waals surface area contributed by atoms with Gasteiger partial charge in [0.25, 0.3) is 0 Å². The second-order valence-electron chi connectivity index (χ2n) is 20.1. The Kier molecular flexibility index (Phi) is 18.3. The molecule has 0 aliphatic carbocycles. The number of nitrogens with two attached hydrogens (primary N) is 4. The van der Waals surface area contributed by atoms with Crippen molar-refractivity contribution in [1.82, 2.24) is 110 Å². The Hall–Kier alpha value is -14.0. The minimum Gasteiger partial charge on any atom is -0.383 e. The predicted molar refractivity (Wildman–Crippen MR) is 333 cm³/mol. The van der Waals surface area contributed by atoms with Crippen molar-refractivity contribution in [2.75, 3.05) is 22.9 Å². The summed E-state index contributed by atoms with van der Waals surface area (Å²) in [7, 11) is 0. The third kappa shape index (κ3) is 13.5. The van der Waals surface area contributed by atoms with E-state index >= 15 is 0 Å². The van der Waals surface area contributed by atoms with Crippen LogP contribution in [0.25, 0.3) is 78.2 Å². The van der Waals surface area contributed by atoms with Crippen LogP contribution in [-0.4, -0.2) is 110 Å². The van der Waals surface area contributed by atoms with Crippen LogP contribution in [0.4, 0.5) is 49.6 Å². The zero-order valence-electron chi connectivity index (χ0n) is 49.6. The molecule has 15 aromatic heterocycles. The number of fused-ring (bicyclic) bond motifs is 5. The minimum atomic E-state index is -0.558. The number of hydrogen-bond acceptors (Lipinski definition) is 24. The molecule has 0 fully saturated rings. The third-order valence-corrected chi connectivity index (χ3v) is 13.8. The molecule has 474 valence electrons. The van der Waals surface area contributed by atoms with Gasteiger partial charge in [-0.25, -0.2) is 85.2 Å². The molecule has 0 bridgehead atoms. The fourth-order valence-corrected chi connectivity index (χ4v) is 9.27. The molecule has 10 N–H and O–H groups in total. The van der Waals surface area contributed by atoms with Gasteiger partial charge in [-0.2, -0.15) is 41.3 Å². The zero-order valence-corrected chi connectivity index (χ0v) is 49.6. The largest absolute Gasteiger partial charge is 0.383 e. The van der Waals surface area contributed by atoms with Gasteiger partial charge in [0, 0.05) is 36.7 Å². The lowest BCUT2D eigenvalue weighted by Crippen LogP contribution is -2.07. The van der Waals surface area contributed by atoms with E-state index in [1.165, 1.54) is 87.2 Å². The summed E-state index contributed by atoms with van der Waals surface area (Å²) in [5.74, 6) is -1.74. The van der Waals surface area contributed by atoms with E-state index in [4.69, 9.17) is 38.7 Å². The molecule has 0 radical (unpaired) electrons. The van der Waals surface area contributed by atoms with Crippen molar-refractivity contribution in [3.63, 3.8) is 0 Å². The Balaban J connectivity index is 0.000000131. The lowest BCUT2D eigenvalue weighted by molar-refractivity contribution is 0.574. The van der Waals surface area contributed by atoms with E-state index in [1.54, 1.807) is 50.5 Å². The second kappa shape index (κ2) is 27.6. The first-order chi connectivity index (χ1) is 46.4. The maximum atomic E-state index is 14.1. The minimum absolute atomic E-state index is 0.00104. The van der Waals surface area contributed by atoms with Crippen LogP contribution in [0.1, 0.15) is 45.3 Å². The first-order valence-corrected chi connectivity index (χ1v) is 27.8. The average molecular weight is 1300 g/mol. The number of halogens is 6. The van der Waals surface area contributed by atoms with Gasteiger partial charge in [0.2, 0.25) is 0 Å². The van der Waals surface area contributed by atoms with Crippen LogP contribution in [0.2, 0.25) is 0 Å². The Morgan fingerprint density at radius 1 is 0.438 bits per heavy atom. The Bertz CT molecular complexity index is 5530. The molecule has 0 saturated heterocycles. The third-order valence-electron chi connectivity index (χ3n) is 13.8. The van der Waals surface area contributed by atoms with Crippen molar-refractivity contribution in [1.29, 1.82) is 15.8 Å². The van der Waals surface area contributed by atoms with E-state index in [1.807, 2.05) is 18.2 Å². The van der Waals surface area contributed by atoms with Gasteiger partial charge in [-0.15, -0.1) is 0 Å². The van der Waals surface area contributed by atoms with Gasteiger partial charge in [0.1, 0.15) is 87.5 Å². The molecule has 35 heteroatoms. The summed E-state index contributed by atoms with van der Waals surface area (Å²) in [6.07, 6.45) is 10.7. The van der Waals surface area contributed by atoms with E-state index in [-0.39, 0.29) is 82.9 Å². The summed E-state index contributed by atoms with van der Waals surface area (Å²) in [5, 5.41) is 54.0. The molecule has 0 aromatic carbocycles. The highest BCUT2D eigenvalue weighted by molar-refractivity contribution is 5.94. The Morgan fingerprint density at radius 2 is 0.896 bits per heavy atom. The summed E-state index contributed by atoms with van der Waals surface area (Å²) in [6, 6.07) is 24.6. The SMILES string of the molecule is Cc1[nH]nc(N)c1C#N.Cc1[nH]nc2nc(-c3nn(Cc4ncccc4F)c4ncc(F)cc34)nc(N)c12.N#Cc1cccnc1N.N#Cc1nn(Cc2ncccc2F)c2ncc(F)cc12.Nc1nc(-c2nn(Cc3ncccc3F)c3ncc(F)cc23)nc2ncccc12. The molecule has 0 spiro atoms. The summed E-state index contributed by atoms with van der Waals surface area (Å²) in [6.45, 7) is 3.58. The molecule has 15 aromatic rings. The zero-order chi connectivity index (χ0) is 67.7. The predicted octanol–water partition coefficient (Wildman–Crippen LogP) is 7.85. The molecule has 0 unspecified atom stereocenters. The van der Waals surface area contributed by atoms with Crippen LogP contribution in [0.15, 0.2) is 128 Å². The standard InChI is InChI=1S/C19H12F2N8.C18H13F2N9.C13H7F2N5.C6H5N3.C5H6N4/c20-10-7-12-15(18-26-16(22)11-3-1-6-24-17(11)27-18)28-29(19(12)25-8-10)9-14-13(21)4-2-5-23-14;1-8-13-15(21)24-17(25-16(13)27-26-8)14-10-5-9(19)6-23-18(10)29(28-14)7-12-11(20)3-2-4-22-12;14-8-4-9-11(5-16)19-20(13(9)18-6-8)7-12-10(15)2-1-3-17-12;7-4-5-2-1-3-9-6(5)8;1-3-4(2-6)5(7)9-8-3/h1-8H,9H2,(H2,22,24,26,27);2-6H,7H2,1H3,(H3,21,24,25,26,27);1-4,6H,7H2;1-3H,(H2,8,9);1H3,(H3,7,8,9). The number of aryl methyl sites for hydroxylation is 2. The summed E-state index contributed by atoms with van der Waals surface area (Å²) < 4.78 is 86.9. The van der Waals surface area contributed by atoms with Gasteiger partial charge in [-0.05, 0) is 92.7 Å². The van der Waals surface area contributed by atoms with Crippen molar-refractivity contribution in [2.45, 2.75) is 33.5 Å². The van der Waals surface area contributed by atoms with E-state index in [0.717, 1.165) is 30.0 Å². The van der Waals surface area contributed by atoms with Gasteiger partial charge < -0.3 is 22.9 Å². The van der Waals surface area contributed by atoms with E-state index in [0.29, 0.717) is 72.1 Å². The quantitative estimate of drug-likeness (QED) is 0.0788. The first-order valence-electron chi connectivity index (χ1n) is 27.8. The lowest BCUT2D eigenvalue weighted by atomic mass is 10.2. The number of nitriles is 3. The molecule has 15 rings (SSSR count). The average Bonchev–Trinajstić information content (AvgIpc) is 1.53. The van der Waals surface area contributed by atoms with Crippen LogP contribution < -0.4 is 22.9 Å². The van der Waals surface area contributed by atoms with Crippen molar-refractivity contribution >= 4 is 78.4 Å². The number of hydrogen-bond donors (Lipinski definition) is 6. The Labute approximate surface area is 534 Å². The number of aromatic amines is 2. The van der Waals surface area contributed by atoms with Crippen molar-refractivity contribution in [2.24, 2.45) is 0 Å². The molecule has 96 heavy (non-hydrogen) atoms. The fourth-order valence-electron chi connectivity index (χ4n) is 9.27. The number of rotatable bonds is 8. The molecule has 29 nitrogen and oxygen atoms in total. The van der Waals surface area contributed by atoms with Crippen LogP contribution in [0.3, 0.4) is 0 Å². The second-order valence-corrected chi connectivity index (χ2v) is 20.1. The van der Waals surface area contributed by atoms with Crippen molar-refractivity contribution < 1.29 is 26.3 Å². The highest BCUT2D eigenvalue weighted by atomic mass is 19.1. The van der Waals surface area contributed by atoms with Crippen LogP contribution >= 0.6 is 0 Å². The molecule has 0 aliphatic rings.